The number of pyridine rings is 1. The lowest BCUT2D eigenvalue weighted by Crippen LogP contribution is -2.41. The molecule has 1 aromatic rings. The van der Waals surface area contributed by atoms with Gasteiger partial charge in [0.05, 0.1) is 5.56 Å². The van der Waals surface area contributed by atoms with Gasteiger partial charge in [-0.1, -0.05) is 0 Å². The zero-order valence-corrected chi connectivity index (χ0v) is 16.1. The molecule has 0 aliphatic carbocycles. The van der Waals surface area contributed by atoms with Gasteiger partial charge in [-0.05, 0) is 50.7 Å². The van der Waals surface area contributed by atoms with Crippen LogP contribution in [0.5, 0.6) is 0 Å². The minimum absolute atomic E-state index is 0.0214. The first-order valence-electron chi connectivity index (χ1n) is 9.97. The van der Waals surface area contributed by atoms with Crippen LogP contribution in [0.15, 0.2) is 18.3 Å². The summed E-state index contributed by atoms with van der Waals surface area (Å²) in [6.45, 7) is 5.32. The zero-order chi connectivity index (χ0) is 19.2. The van der Waals surface area contributed by atoms with Gasteiger partial charge < -0.3 is 20.2 Å². The van der Waals surface area contributed by atoms with Crippen molar-refractivity contribution in [2.75, 3.05) is 38.1 Å². The van der Waals surface area contributed by atoms with Gasteiger partial charge >= 0.3 is 0 Å². The third-order valence-corrected chi connectivity index (χ3v) is 5.52. The molecule has 1 aromatic heterocycles. The molecule has 3 rings (SSSR count). The molecule has 2 N–H and O–H groups in total. The van der Waals surface area contributed by atoms with Gasteiger partial charge in [0, 0.05) is 51.4 Å². The summed E-state index contributed by atoms with van der Waals surface area (Å²) in [5.41, 5.74) is 0.600. The topological polar surface area (TPSA) is 85.8 Å². The van der Waals surface area contributed by atoms with Crippen LogP contribution in [0.1, 0.15) is 49.4 Å². The number of likely N-dealkylation sites (tertiary alicyclic amines) is 2. The van der Waals surface area contributed by atoms with E-state index in [-0.39, 0.29) is 24.5 Å². The predicted octanol–water partition coefficient (Wildman–Crippen LogP) is 1.74. The molecule has 2 amide bonds. The van der Waals surface area contributed by atoms with Crippen LogP contribution in [0.25, 0.3) is 0 Å². The molecular weight excluding hydrogens is 344 g/mol. The number of hydrogen-bond acceptors (Lipinski definition) is 5. The average molecular weight is 374 g/mol. The summed E-state index contributed by atoms with van der Waals surface area (Å²) < 4.78 is 0. The highest BCUT2D eigenvalue weighted by Crippen LogP contribution is 2.22. The maximum atomic E-state index is 12.7. The Morgan fingerprint density at radius 3 is 2.70 bits per heavy atom. The minimum Gasteiger partial charge on any atom is -0.396 e. The molecule has 27 heavy (non-hydrogen) atoms. The minimum atomic E-state index is 0.0214. The first-order valence-corrected chi connectivity index (χ1v) is 9.97. The summed E-state index contributed by atoms with van der Waals surface area (Å²) >= 11 is 0. The molecule has 0 saturated carbocycles. The first-order chi connectivity index (χ1) is 13.1. The predicted molar refractivity (Wildman–Crippen MR) is 103 cm³/mol. The molecule has 2 aliphatic heterocycles. The number of rotatable bonds is 7. The fourth-order valence-electron chi connectivity index (χ4n) is 3.83. The molecule has 2 fully saturated rings. The number of anilines is 1. The van der Waals surface area contributed by atoms with Crippen molar-refractivity contribution in [3.05, 3.63) is 23.9 Å². The maximum absolute atomic E-state index is 12.7. The van der Waals surface area contributed by atoms with E-state index >= 15 is 0 Å². The number of nitrogens with zero attached hydrogens (tertiary/aromatic N) is 3. The molecule has 1 unspecified atom stereocenters. The molecule has 2 saturated heterocycles. The Balaban J connectivity index is 1.48. The number of piperidine rings is 1. The summed E-state index contributed by atoms with van der Waals surface area (Å²) in [6.07, 6.45) is 5.83. The van der Waals surface area contributed by atoms with Crippen molar-refractivity contribution in [3.63, 3.8) is 0 Å². The second-order valence-electron chi connectivity index (χ2n) is 7.67. The number of amides is 2. The highest BCUT2D eigenvalue weighted by Gasteiger charge is 2.28. The van der Waals surface area contributed by atoms with Crippen LogP contribution in [-0.2, 0) is 4.79 Å². The molecule has 2 aliphatic rings. The SMILES string of the molecule is CC(CCO)Nc1ccc(C(=O)N2CCC(CN3CCCC3=O)CC2)cn1. The van der Waals surface area contributed by atoms with Crippen molar-refractivity contribution >= 4 is 17.6 Å². The third kappa shape index (κ3) is 5.19. The highest BCUT2D eigenvalue weighted by atomic mass is 16.3. The summed E-state index contributed by atoms with van der Waals surface area (Å²) in [4.78, 5) is 32.7. The summed E-state index contributed by atoms with van der Waals surface area (Å²) in [7, 11) is 0. The van der Waals surface area contributed by atoms with Crippen LogP contribution >= 0.6 is 0 Å². The van der Waals surface area contributed by atoms with Gasteiger partial charge in [0.15, 0.2) is 0 Å². The van der Waals surface area contributed by atoms with Gasteiger partial charge in [-0.25, -0.2) is 4.98 Å². The average Bonchev–Trinajstić information content (AvgIpc) is 3.07. The van der Waals surface area contributed by atoms with Crippen molar-refractivity contribution in [2.24, 2.45) is 5.92 Å². The van der Waals surface area contributed by atoms with E-state index in [2.05, 4.69) is 10.3 Å². The third-order valence-electron chi connectivity index (χ3n) is 5.52. The molecule has 148 valence electrons. The van der Waals surface area contributed by atoms with E-state index < -0.39 is 0 Å². The van der Waals surface area contributed by atoms with Gasteiger partial charge in [0.25, 0.3) is 5.91 Å². The van der Waals surface area contributed by atoms with Gasteiger partial charge in [-0.2, -0.15) is 0 Å². The zero-order valence-electron chi connectivity index (χ0n) is 16.1. The van der Waals surface area contributed by atoms with Gasteiger partial charge in [0.2, 0.25) is 5.91 Å². The van der Waals surface area contributed by atoms with Crippen LogP contribution in [0.2, 0.25) is 0 Å². The number of hydrogen-bond donors (Lipinski definition) is 2. The van der Waals surface area contributed by atoms with Crippen LogP contribution in [-0.4, -0.2) is 70.5 Å². The Labute approximate surface area is 160 Å². The van der Waals surface area contributed by atoms with Gasteiger partial charge in [-0.3, -0.25) is 9.59 Å². The van der Waals surface area contributed by atoms with Crippen molar-refractivity contribution in [3.8, 4) is 0 Å². The Kier molecular flexibility index (Phi) is 6.66. The fourth-order valence-corrected chi connectivity index (χ4v) is 3.83. The smallest absolute Gasteiger partial charge is 0.255 e. The second-order valence-corrected chi connectivity index (χ2v) is 7.67. The number of aliphatic hydroxyl groups excluding tert-OH is 1. The molecule has 7 heteroatoms. The maximum Gasteiger partial charge on any atom is 0.255 e. The molecule has 3 heterocycles. The molecular formula is C20H30N4O3. The second kappa shape index (κ2) is 9.17. The van der Waals surface area contributed by atoms with Crippen LogP contribution in [0.3, 0.4) is 0 Å². The number of carbonyl (C=O) groups excluding carboxylic acids is 2. The van der Waals surface area contributed by atoms with E-state index in [4.69, 9.17) is 5.11 Å². The normalized spacial score (nSPS) is 19.4. The Bertz CT molecular complexity index is 641. The van der Waals surface area contributed by atoms with E-state index in [1.165, 1.54) is 0 Å². The van der Waals surface area contributed by atoms with Gasteiger partial charge in [0.1, 0.15) is 5.82 Å². The number of aliphatic hydroxyl groups is 1. The van der Waals surface area contributed by atoms with E-state index in [1.807, 2.05) is 22.8 Å². The standard InChI is InChI=1S/C20H30N4O3/c1-15(8-12-25)22-18-5-4-17(13-21-18)20(27)23-10-6-16(7-11-23)14-24-9-2-3-19(24)26/h4-5,13,15-16,25H,2-3,6-12,14H2,1H3,(H,21,22). The lowest BCUT2D eigenvalue weighted by molar-refractivity contribution is -0.128. The fraction of sp³-hybridized carbons (Fsp3) is 0.650. The van der Waals surface area contributed by atoms with Crippen molar-refractivity contribution in [1.82, 2.24) is 14.8 Å². The molecule has 0 spiro atoms. The van der Waals surface area contributed by atoms with Crippen molar-refractivity contribution < 1.29 is 14.7 Å². The van der Waals surface area contributed by atoms with Crippen LogP contribution in [0, 0.1) is 5.92 Å². The Morgan fingerprint density at radius 1 is 1.33 bits per heavy atom. The van der Waals surface area contributed by atoms with E-state index in [0.29, 0.717) is 30.1 Å². The Morgan fingerprint density at radius 2 is 2.11 bits per heavy atom. The van der Waals surface area contributed by atoms with Gasteiger partial charge in [-0.15, -0.1) is 0 Å². The lowest BCUT2D eigenvalue weighted by atomic mass is 9.96. The van der Waals surface area contributed by atoms with E-state index in [1.54, 1.807) is 12.3 Å². The first kappa shape index (κ1) is 19.6. The summed E-state index contributed by atoms with van der Waals surface area (Å²) in [5, 5.41) is 12.2. The molecule has 0 bridgehead atoms. The molecule has 0 radical (unpaired) electrons. The molecule has 1 atom stereocenters. The largest absolute Gasteiger partial charge is 0.396 e. The van der Waals surface area contributed by atoms with E-state index in [0.717, 1.165) is 45.4 Å². The molecule has 7 nitrogen and oxygen atoms in total. The van der Waals surface area contributed by atoms with Crippen molar-refractivity contribution in [1.29, 1.82) is 0 Å². The highest BCUT2D eigenvalue weighted by molar-refractivity contribution is 5.94. The van der Waals surface area contributed by atoms with Crippen molar-refractivity contribution in [2.45, 2.75) is 45.1 Å². The van der Waals surface area contributed by atoms with Crippen LogP contribution < -0.4 is 5.32 Å². The Hall–Kier alpha value is -2.15. The van der Waals surface area contributed by atoms with E-state index in [9.17, 15) is 9.59 Å². The lowest BCUT2D eigenvalue weighted by Gasteiger charge is -2.34. The number of carbonyl (C=O) groups is 2. The monoisotopic (exact) mass is 374 g/mol. The summed E-state index contributed by atoms with van der Waals surface area (Å²) in [6, 6.07) is 3.75. The number of nitrogens with one attached hydrogen (secondary N) is 1. The number of aromatic nitrogens is 1. The quantitative estimate of drug-likeness (QED) is 0.759. The molecule has 0 aromatic carbocycles. The van der Waals surface area contributed by atoms with Crippen LogP contribution in [0.4, 0.5) is 5.82 Å². The summed E-state index contributed by atoms with van der Waals surface area (Å²) in [5.74, 6) is 1.50.